The molecule has 0 spiro atoms. The molecule has 0 saturated carbocycles. The van der Waals surface area contributed by atoms with Crippen LogP contribution >= 0.6 is 0 Å². The first kappa shape index (κ1) is 12.9. The molecule has 1 aliphatic rings. The predicted molar refractivity (Wildman–Crippen MR) is 70.0 cm³/mol. The fourth-order valence-corrected chi connectivity index (χ4v) is 2.18. The highest BCUT2D eigenvalue weighted by Gasteiger charge is 2.23. The van der Waals surface area contributed by atoms with Gasteiger partial charge < -0.3 is 24.3 Å². The number of hydrogen-bond acceptors (Lipinski definition) is 6. The van der Waals surface area contributed by atoms with Crippen LogP contribution in [0.25, 0.3) is 11.1 Å². The minimum Gasteiger partial charge on any atom is -0.478 e. The minimum absolute atomic E-state index is 0.0557. The van der Waals surface area contributed by atoms with Gasteiger partial charge in [-0.2, -0.15) is 4.98 Å². The summed E-state index contributed by atoms with van der Waals surface area (Å²) in [6, 6.07) is 4.99. The Kier molecular flexibility index (Phi) is 3.29. The van der Waals surface area contributed by atoms with Crippen LogP contribution in [0.3, 0.4) is 0 Å². The molecule has 1 unspecified atom stereocenters. The van der Waals surface area contributed by atoms with Gasteiger partial charge in [-0.1, -0.05) is 0 Å². The van der Waals surface area contributed by atoms with E-state index in [0.717, 1.165) is 0 Å². The molecule has 1 aromatic heterocycles. The molecule has 7 heteroatoms. The van der Waals surface area contributed by atoms with Gasteiger partial charge in [0.05, 0.1) is 31.4 Å². The fraction of sp³-hybridized carbons (Fsp3) is 0.385. The maximum absolute atomic E-state index is 10.9. The summed E-state index contributed by atoms with van der Waals surface area (Å²) in [4.78, 5) is 17.1. The lowest BCUT2D eigenvalue weighted by molar-refractivity contribution is 0.00236. The molecule has 1 atom stereocenters. The number of anilines is 1. The molecule has 3 rings (SSSR count). The van der Waals surface area contributed by atoms with Crippen molar-refractivity contribution in [2.24, 2.45) is 0 Å². The number of carboxylic acids is 1. The van der Waals surface area contributed by atoms with E-state index in [1.807, 2.05) is 4.90 Å². The van der Waals surface area contributed by atoms with E-state index in [2.05, 4.69) is 4.98 Å². The van der Waals surface area contributed by atoms with Gasteiger partial charge in [0.15, 0.2) is 5.58 Å². The number of ether oxygens (including phenoxy) is 1. The second-order valence-electron chi connectivity index (χ2n) is 4.61. The van der Waals surface area contributed by atoms with Crippen molar-refractivity contribution in [1.29, 1.82) is 0 Å². The van der Waals surface area contributed by atoms with E-state index < -0.39 is 5.97 Å². The van der Waals surface area contributed by atoms with Crippen LogP contribution in [-0.2, 0) is 4.74 Å². The third kappa shape index (κ3) is 2.33. The number of benzene rings is 1. The standard InChI is InChI=1S/C13H14N2O5/c16-7-9-6-15(3-4-19-9)13-14-10-2-1-8(12(17)18)5-11(10)20-13/h1-2,5,9,16H,3-4,6-7H2,(H,17,18). The summed E-state index contributed by atoms with van der Waals surface area (Å²) in [6.45, 7) is 1.55. The van der Waals surface area contributed by atoms with Gasteiger partial charge in [0.2, 0.25) is 0 Å². The Morgan fingerprint density at radius 1 is 1.50 bits per heavy atom. The fourth-order valence-electron chi connectivity index (χ4n) is 2.18. The molecule has 7 nitrogen and oxygen atoms in total. The molecule has 106 valence electrons. The number of morpholine rings is 1. The number of aliphatic hydroxyl groups excluding tert-OH is 1. The van der Waals surface area contributed by atoms with Crippen molar-refractivity contribution < 1.29 is 24.2 Å². The van der Waals surface area contributed by atoms with Crippen molar-refractivity contribution in [1.82, 2.24) is 4.98 Å². The summed E-state index contributed by atoms with van der Waals surface area (Å²) >= 11 is 0. The van der Waals surface area contributed by atoms with E-state index in [9.17, 15) is 4.79 Å². The third-order valence-corrected chi connectivity index (χ3v) is 3.24. The zero-order chi connectivity index (χ0) is 14.1. The van der Waals surface area contributed by atoms with Gasteiger partial charge in [-0.05, 0) is 18.2 Å². The van der Waals surface area contributed by atoms with Gasteiger partial charge >= 0.3 is 5.97 Å². The van der Waals surface area contributed by atoms with Crippen LogP contribution in [-0.4, -0.2) is 53.6 Å². The first-order valence-corrected chi connectivity index (χ1v) is 6.28. The van der Waals surface area contributed by atoms with Crippen molar-refractivity contribution in [2.45, 2.75) is 6.10 Å². The number of hydrogen-bond donors (Lipinski definition) is 2. The highest BCUT2D eigenvalue weighted by atomic mass is 16.5. The normalized spacial score (nSPS) is 19.4. The van der Waals surface area contributed by atoms with Crippen molar-refractivity contribution in [3.63, 3.8) is 0 Å². The molecule has 0 bridgehead atoms. The number of aromatic nitrogens is 1. The predicted octanol–water partition coefficient (Wildman–Crippen LogP) is 0.724. The van der Waals surface area contributed by atoms with Gasteiger partial charge in [-0.3, -0.25) is 0 Å². The maximum Gasteiger partial charge on any atom is 0.335 e. The van der Waals surface area contributed by atoms with Crippen molar-refractivity contribution >= 4 is 23.1 Å². The lowest BCUT2D eigenvalue weighted by atomic mass is 10.2. The second-order valence-corrected chi connectivity index (χ2v) is 4.61. The largest absolute Gasteiger partial charge is 0.478 e. The van der Waals surface area contributed by atoms with E-state index in [1.54, 1.807) is 6.07 Å². The first-order valence-electron chi connectivity index (χ1n) is 6.28. The zero-order valence-corrected chi connectivity index (χ0v) is 10.7. The molecule has 20 heavy (non-hydrogen) atoms. The van der Waals surface area contributed by atoms with Crippen LogP contribution in [0.5, 0.6) is 0 Å². The number of carbonyl (C=O) groups is 1. The number of carboxylic acid groups (broad SMARTS) is 1. The van der Waals surface area contributed by atoms with Crippen LogP contribution in [0.4, 0.5) is 6.01 Å². The summed E-state index contributed by atoms with van der Waals surface area (Å²) in [6.07, 6.45) is -0.256. The Labute approximate surface area is 114 Å². The summed E-state index contributed by atoms with van der Waals surface area (Å²) in [5, 5.41) is 18.1. The lowest BCUT2D eigenvalue weighted by Gasteiger charge is -2.30. The average Bonchev–Trinajstić information content (AvgIpc) is 2.90. The van der Waals surface area contributed by atoms with Crippen molar-refractivity contribution in [3.8, 4) is 0 Å². The average molecular weight is 278 g/mol. The molecule has 2 aromatic rings. The van der Waals surface area contributed by atoms with Crippen LogP contribution in [0.2, 0.25) is 0 Å². The van der Waals surface area contributed by atoms with Crippen LogP contribution < -0.4 is 4.90 Å². The molecular formula is C13H14N2O5. The van der Waals surface area contributed by atoms with E-state index in [4.69, 9.17) is 19.4 Å². The molecular weight excluding hydrogens is 264 g/mol. The number of fused-ring (bicyclic) bond motifs is 1. The second kappa shape index (κ2) is 5.10. The number of aromatic carboxylic acids is 1. The Hall–Kier alpha value is -2.12. The van der Waals surface area contributed by atoms with Crippen LogP contribution in [0.15, 0.2) is 22.6 Å². The summed E-state index contributed by atoms with van der Waals surface area (Å²) in [5.41, 5.74) is 1.21. The third-order valence-electron chi connectivity index (χ3n) is 3.24. The monoisotopic (exact) mass is 278 g/mol. The van der Waals surface area contributed by atoms with Gasteiger partial charge in [-0.15, -0.1) is 0 Å². The maximum atomic E-state index is 10.9. The summed E-state index contributed by atoms with van der Waals surface area (Å²) in [7, 11) is 0. The molecule has 1 saturated heterocycles. The van der Waals surface area contributed by atoms with E-state index in [1.165, 1.54) is 12.1 Å². The number of nitrogens with zero attached hydrogens (tertiary/aromatic N) is 2. The smallest absolute Gasteiger partial charge is 0.335 e. The molecule has 1 fully saturated rings. The van der Waals surface area contributed by atoms with Gasteiger partial charge in [0.1, 0.15) is 5.52 Å². The molecule has 0 radical (unpaired) electrons. The molecule has 2 heterocycles. The minimum atomic E-state index is -1.00. The summed E-state index contributed by atoms with van der Waals surface area (Å²) in [5.74, 6) is -1.00. The van der Waals surface area contributed by atoms with Gasteiger partial charge in [0, 0.05) is 6.54 Å². The van der Waals surface area contributed by atoms with Gasteiger partial charge in [0.25, 0.3) is 6.01 Å². The number of aliphatic hydroxyl groups is 1. The number of oxazole rings is 1. The first-order chi connectivity index (χ1) is 9.67. The van der Waals surface area contributed by atoms with E-state index >= 15 is 0 Å². The zero-order valence-electron chi connectivity index (χ0n) is 10.7. The van der Waals surface area contributed by atoms with E-state index in [0.29, 0.717) is 36.8 Å². The van der Waals surface area contributed by atoms with E-state index in [-0.39, 0.29) is 18.3 Å². The number of rotatable bonds is 3. The van der Waals surface area contributed by atoms with Crippen molar-refractivity contribution in [2.75, 3.05) is 31.2 Å². The Morgan fingerprint density at radius 2 is 2.35 bits per heavy atom. The Bertz CT molecular complexity index is 639. The molecule has 0 amide bonds. The van der Waals surface area contributed by atoms with Crippen LogP contribution in [0.1, 0.15) is 10.4 Å². The van der Waals surface area contributed by atoms with Gasteiger partial charge in [-0.25, -0.2) is 4.79 Å². The molecule has 2 N–H and O–H groups in total. The Balaban J connectivity index is 1.90. The Morgan fingerprint density at radius 3 is 3.10 bits per heavy atom. The quantitative estimate of drug-likeness (QED) is 0.854. The summed E-state index contributed by atoms with van der Waals surface area (Å²) < 4.78 is 11.0. The lowest BCUT2D eigenvalue weighted by Crippen LogP contribution is -2.44. The topological polar surface area (TPSA) is 96.0 Å². The highest BCUT2D eigenvalue weighted by molar-refractivity contribution is 5.92. The molecule has 1 aromatic carbocycles. The molecule has 0 aliphatic carbocycles. The van der Waals surface area contributed by atoms with Crippen LogP contribution in [0, 0.1) is 0 Å². The van der Waals surface area contributed by atoms with Crippen molar-refractivity contribution in [3.05, 3.63) is 23.8 Å². The highest BCUT2D eigenvalue weighted by Crippen LogP contribution is 2.24. The molecule has 1 aliphatic heterocycles. The SMILES string of the molecule is O=C(O)c1ccc2nc(N3CCOC(CO)C3)oc2c1.